The first-order chi connectivity index (χ1) is 8.74. The summed E-state index contributed by atoms with van der Waals surface area (Å²) in [7, 11) is 0. The summed E-state index contributed by atoms with van der Waals surface area (Å²) >= 11 is 1.58. The molecule has 5 nitrogen and oxygen atoms in total. The van der Waals surface area contributed by atoms with Crippen molar-refractivity contribution in [1.29, 1.82) is 0 Å². The quantitative estimate of drug-likeness (QED) is 0.917. The Morgan fingerprint density at radius 2 is 2.50 bits per heavy atom. The first-order valence-electron chi connectivity index (χ1n) is 5.87. The molecule has 1 aliphatic carbocycles. The van der Waals surface area contributed by atoms with E-state index < -0.39 is 0 Å². The van der Waals surface area contributed by atoms with E-state index in [0.29, 0.717) is 24.2 Å². The number of carbonyl (C=O) groups is 1. The molecule has 0 aliphatic heterocycles. The monoisotopic (exact) mass is 263 g/mol. The van der Waals surface area contributed by atoms with E-state index in [0.717, 1.165) is 12.0 Å². The van der Waals surface area contributed by atoms with Gasteiger partial charge in [0.15, 0.2) is 0 Å². The smallest absolute Gasteiger partial charge is 0.246 e. The molecule has 0 spiro atoms. The molecule has 3 rings (SSSR count). The molecular formula is C12H13N3O2S. The fourth-order valence-electron chi connectivity index (χ4n) is 1.82. The Labute approximate surface area is 108 Å². The third kappa shape index (κ3) is 2.28. The van der Waals surface area contributed by atoms with Crippen LogP contribution in [0.15, 0.2) is 21.3 Å². The highest BCUT2D eigenvalue weighted by Gasteiger charge is 2.38. The molecule has 2 unspecified atom stereocenters. The fourth-order valence-corrected chi connectivity index (χ4v) is 2.45. The van der Waals surface area contributed by atoms with Crippen LogP contribution in [0.2, 0.25) is 0 Å². The van der Waals surface area contributed by atoms with Gasteiger partial charge in [0, 0.05) is 16.9 Å². The largest absolute Gasteiger partial charge is 0.347 e. The maximum absolute atomic E-state index is 11.6. The zero-order chi connectivity index (χ0) is 12.5. The van der Waals surface area contributed by atoms with Gasteiger partial charge in [-0.05, 0) is 23.8 Å². The average Bonchev–Trinajstić information content (AvgIpc) is 2.85. The molecule has 2 atom stereocenters. The summed E-state index contributed by atoms with van der Waals surface area (Å²) in [5.41, 5.74) is 0.942. The lowest BCUT2D eigenvalue weighted by molar-refractivity contribution is -0.122. The van der Waals surface area contributed by atoms with Gasteiger partial charge >= 0.3 is 0 Å². The van der Waals surface area contributed by atoms with E-state index in [1.54, 1.807) is 11.3 Å². The van der Waals surface area contributed by atoms with E-state index in [1.807, 2.05) is 16.8 Å². The van der Waals surface area contributed by atoms with Gasteiger partial charge in [-0.25, -0.2) is 0 Å². The van der Waals surface area contributed by atoms with Gasteiger partial charge in [0.25, 0.3) is 0 Å². The Hall–Kier alpha value is -1.69. The van der Waals surface area contributed by atoms with E-state index in [4.69, 9.17) is 4.52 Å². The molecule has 1 saturated carbocycles. The Balaban J connectivity index is 1.59. The molecule has 2 heterocycles. The van der Waals surface area contributed by atoms with Gasteiger partial charge in [-0.3, -0.25) is 4.79 Å². The highest BCUT2D eigenvalue weighted by atomic mass is 32.1. The predicted octanol–water partition coefficient (Wildman–Crippen LogP) is 2.07. The van der Waals surface area contributed by atoms with Gasteiger partial charge in [-0.2, -0.15) is 16.3 Å². The van der Waals surface area contributed by atoms with Crippen LogP contribution in [0, 0.1) is 11.8 Å². The molecule has 0 bridgehead atoms. The van der Waals surface area contributed by atoms with Crippen LogP contribution in [0.25, 0.3) is 11.4 Å². The van der Waals surface area contributed by atoms with E-state index in [2.05, 4.69) is 22.4 Å². The fraction of sp³-hybridized carbons (Fsp3) is 0.417. The number of hydrogen-bond donors (Lipinski definition) is 1. The van der Waals surface area contributed by atoms with Crippen LogP contribution in [0.3, 0.4) is 0 Å². The van der Waals surface area contributed by atoms with Crippen molar-refractivity contribution in [1.82, 2.24) is 15.5 Å². The summed E-state index contributed by atoms with van der Waals surface area (Å²) in [6.45, 7) is 2.38. The molecule has 1 aliphatic rings. The number of aromatic nitrogens is 2. The molecule has 1 amide bonds. The zero-order valence-corrected chi connectivity index (χ0v) is 10.7. The van der Waals surface area contributed by atoms with Crippen LogP contribution in [0.5, 0.6) is 0 Å². The lowest BCUT2D eigenvalue weighted by atomic mass is 10.3. The van der Waals surface area contributed by atoms with E-state index in [1.165, 1.54) is 0 Å². The van der Waals surface area contributed by atoms with Gasteiger partial charge < -0.3 is 9.84 Å². The van der Waals surface area contributed by atoms with E-state index in [9.17, 15) is 4.79 Å². The topological polar surface area (TPSA) is 68.0 Å². The molecule has 0 aromatic carbocycles. The Morgan fingerprint density at radius 1 is 1.67 bits per heavy atom. The van der Waals surface area contributed by atoms with E-state index >= 15 is 0 Å². The SMILES string of the molecule is CC1CC1C(=O)NCc1nc(-c2ccsc2)no1. The third-order valence-electron chi connectivity index (χ3n) is 3.11. The maximum Gasteiger partial charge on any atom is 0.246 e. The summed E-state index contributed by atoms with van der Waals surface area (Å²) in [6, 6.07) is 1.93. The van der Waals surface area contributed by atoms with Crippen molar-refractivity contribution in [2.45, 2.75) is 19.9 Å². The Morgan fingerprint density at radius 3 is 3.17 bits per heavy atom. The standard InChI is InChI=1S/C12H13N3O2S/c1-7-4-9(7)12(16)13-5-10-14-11(15-17-10)8-2-3-18-6-8/h2-3,6-7,9H,4-5H2,1H3,(H,13,16). The second-order valence-corrected chi connectivity index (χ2v) is 5.34. The second kappa shape index (κ2) is 4.53. The lowest BCUT2D eigenvalue weighted by Gasteiger charge is -1.99. The van der Waals surface area contributed by atoms with Crippen LogP contribution in [-0.2, 0) is 11.3 Å². The molecular weight excluding hydrogens is 250 g/mol. The van der Waals surface area contributed by atoms with Gasteiger partial charge in [0.1, 0.15) is 0 Å². The maximum atomic E-state index is 11.6. The molecule has 1 fully saturated rings. The zero-order valence-electron chi connectivity index (χ0n) is 9.92. The van der Waals surface area contributed by atoms with E-state index in [-0.39, 0.29) is 11.8 Å². The highest BCUT2D eigenvalue weighted by molar-refractivity contribution is 7.08. The highest BCUT2D eigenvalue weighted by Crippen LogP contribution is 2.37. The van der Waals surface area contributed by atoms with Crippen molar-refractivity contribution in [2.24, 2.45) is 11.8 Å². The molecule has 1 N–H and O–H groups in total. The number of carbonyl (C=O) groups excluding carboxylic acids is 1. The van der Waals surface area contributed by atoms with Crippen LogP contribution >= 0.6 is 11.3 Å². The molecule has 94 valence electrons. The first-order valence-corrected chi connectivity index (χ1v) is 6.81. The van der Waals surface area contributed by atoms with Crippen LogP contribution in [0.1, 0.15) is 19.2 Å². The van der Waals surface area contributed by atoms with Crippen molar-refractivity contribution in [2.75, 3.05) is 0 Å². The van der Waals surface area contributed by atoms with Gasteiger partial charge in [-0.15, -0.1) is 0 Å². The summed E-state index contributed by atoms with van der Waals surface area (Å²) in [4.78, 5) is 15.9. The van der Waals surface area contributed by atoms with Crippen molar-refractivity contribution >= 4 is 17.2 Å². The first kappa shape index (κ1) is 11.4. The van der Waals surface area contributed by atoms with Crippen molar-refractivity contribution in [3.05, 3.63) is 22.7 Å². The predicted molar refractivity (Wildman–Crippen MR) is 66.7 cm³/mol. The van der Waals surface area contributed by atoms with Gasteiger partial charge in [0.05, 0.1) is 6.54 Å². The molecule has 2 aromatic rings. The number of hydrogen-bond acceptors (Lipinski definition) is 5. The minimum atomic E-state index is 0.0813. The lowest BCUT2D eigenvalue weighted by Crippen LogP contribution is -2.24. The van der Waals surface area contributed by atoms with Crippen molar-refractivity contribution in [3.63, 3.8) is 0 Å². The Kier molecular flexibility index (Phi) is 2.87. The van der Waals surface area contributed by atoms with Crippen LogP contribution in [0.4, 0.5) is 0 Å². The normalized spacial score (nSPS) is 21.8. The number of amides is 1. The molecule has 6 heteroatoms. The second-order valence-electron chi connectivity index (χ2n) is 4.56. The number of rotatable bonds is 4. The van der Waals surface area contributed by atoms with Crippen LogP contribution in [-0.4, -0.2) is 16.0 Å². The minimum Gasteiger partial charge on any atom is -0.347 e. The third-order valence-corrected chi connectivity index (χ3v) is 3.79. The summed E-state index contributed by atoms with van der Waals surface area (Å²) < 4.78 is 5.09. The van der Waals surface area contributed by atoms with Crippen molar-refractivity contribution < 1.29 is 9.32 Å². The molecule has 2 aromatic heterocycles. The number of thiophene rings is 1. The Bertz CT molecular complexity index is 549. The minimum absolute atomic E-state index is 0.0813. The van der Waals surface area contributed by atoms with Gasteiger partial charge in [0.2, 0.25) is 17.6 Å². The number of nitrogens with zero attached hydrogens (tertiary/aromatic N) is 2. The van der Waals surface area contributed by atoms with Crippen LogP contribution < -0.4 is 5.32 Å². The van der Waals surface area contributed by atoms with Crippen molar-refractivity contribution in [3.8, 4) is 11.4 Å². The number of nitrogens with one attached hydrogen (secondary N) is 1. The summed E-state index contributed by atoms with van der Waals surface area (Å²) in [5.74, 6) is 1.77. The summed E-state index contributed by atoms with van der Waals surface area (Å²) in [5, 5.41) is 10.6. The molecule has 18 heavy (non-hydrogen) atoms. The molecule has 0 saturated heterocycles. The van der Waals surface area contributed by atoms with Gasteiger partial charge in [-0.1, -0.05) is 12.1 Å². The molecule has 0 radical (unpaired) electrons. The average molecular weight is 263 g/mol. The summed E-state index contributed by atoms with van der Waals surface area (Å²) in [6.07, 6.45) is 0.982.